The molecule has 0 radical (unpaired) electrons. The highest BCUT2D eigenvalue weighted by atomic mass is 32.1. The number of thiazole rings is 1. The number of aromatic nitrogens is 3. The van der Waals surface area contributed by atoms with Gasteiger partial charge in [0.15, 0.2) is 5.82 Å². The fraction of sp³-hybridized carbons (Fsp3) is 0.118. The maximum atomic E-state index is 12.7. The minimum atomic E-state index is -0.124. The van der Waals surface area contributed by atoms with E-state index in [1.54, 1.807) is 10.5 Å². The van der Waals surface area contributed by atoms with Crippen LogP contribution in [-0.2, 0) is 0 Å². The van der Waals surface area contributed by atoms with Gasteiger partial charge in [-0.2, -0.15) is 0 Å². The van der Waals surface area contributed by atoms with Gasteiger partial charge in [0.25, 0.3) is 5.56 Å². The van der Waals surface area contributed by atoms with E-state index >= 15 is 0 Å². The van der Waals surface area contributed by atoms with Gasteiger partial charge in [0, 0.05) is 11.6 Å². The first-order chi connectivity index (χ1) is 11.1. The molecule has 0 aliphatic rings. The second-order valence-electron chi connectivity index (χ2n) is 5.38. The third-order valence-corrected chi connectivity index (χ3v) is 4.52. The van der Waals surface area contributed by atoms with Gasteiger partial charge in [-0.15, -0.1) is 10.2 Å². The van der Waals surface area contributed by atoms with Gasteiger partial charge in [-0.05, 0) is 32.0 Å². The quantitative estimate of drug-likeness (QED) is 0.569. The van der Waals surface area contributed by atoms with Crippen LogP contribution in [0.25, 0.3) is 22.4 Å². The minimum absolute atomic E-state index is 0.124. The molecule has 0 N–H and O–H groups in total. The van der Waals surface area contributed by atoms with Gasteiger partial charge in [0.05, 0.1) is 0 Å². The zero-order valence-corrected chi connectivity index (χ0v) is 13.4. The fourth-order valence-corrected chi connectivity index (χ4v) is 3.39. The summed E-state index contributed by atoms with van der Waals surface area (Å²) in [6, 6.07) is 11.6. The molecule has 4 rings (SSSR count). The summed E-state index contributed by atoms with van der Waals surface area (Å²) in [6.07, 6.45) is 1.74. The Morgan fingerprint density at radius 3 is 2.78 bits per heavy atom. The van der Waals surface area contributed by atoms with E-state index in [0.29, 0.717) is 21.1 Å². The lowest BCUT2D eigenvalue weighted by molar-refractivity contribution is 0.525. The zero-order valence-electron chi connectivity index (χ0n) is 12.6. The maximum Gasteiger partial charge on any atom is 0.276 e. The Balaban J connectivity index is 1.93. The topological polar surface area (TPSA) is 60.4 Å². The molecule has 3 heterocycles. The Kier molecular flexibility index (Phi) is 3.12. The molecule has 1 aromatic carbocycles. The van der Waals surface area contributed by atoms with E-state index in [4.69, 9.17) is 4.42 Å². The summed E-state index contributed by atoms with van der Waals surface area (Å²) >= 11 is 1.31. The predicted molar refractivity (Wildman–Crippen MR) is 89.5 cm³/mol. The number of benzene rings is 1. The molecule has 0 saturated heterocycles. The number of fused-ring (bicyclic) bond motifs is 1. The van der Waals surface area contributed by atoms with Gasteiger partial charge in [-0.3, -0.25) is 4.79 Å². The van der Waals surface area contributed by atoms with Crippen molar-refractivity contribution in [3.8, 4) is 11.4 Å². The van der Waals surface area contributed by atoms with Crippen LogP contribution in [0.1, 0.15) is 17.1 Å². The molecule has 0 aliphatic carbocycles. The number of hydrogen-bond acceptors (Lipinski definition) is 5. The molecule has 4 aromatic rings. The smallest absolute Gasteiger partial charge is 0.276 e. The Hall–Kier alpha value is -2.73. The van der Waals surface area contributed by atoms with E-state index in [1.165, 1.54) is 11.3 Å². The number of aryl methyl sites for hydroxylation is 2. The van der Waals surface area contributed by atoms with E-state index in [-0.39, 0.29) is 5.56 Å². The summed E-state index contributed by atoms with van der Waals surface area (Å²) in [4.78, 5) is 13.3. The summed E-state index contributed by atoms with van der Waals surface area (Å²) in [5.74, 6) is 2.04. The largest absolute Gasteiger partial charge is 0.462 e. The number of rotatable bonds is 2. The molecule has 0 spiro atoms. The average molecular weight is 323 g/mol. The van der Waals surface area contributed by atoms with E-state index in [9.17, 15) is 4.79 Å². The van der Waals surface area contributed by atoms with Crippen LogP contribution in [0.3, 0.4) is 0 Å². The van der Waals surface area contributed by atoms with Gasteiger partial charge < -0.3 is 4.42 Å². The zero-order chi connectivity index (χ0) is 16.0. The minimum Gasteiger partial charge on any atom is -0.462 e. The molecule has 0 saturated carbocycles. The molecular weight excluding hydrogens is 310 g/mol. The summed E-state index contributed by atoms with van der Waals surface area (Å²) in [5.41, 5.74) is 1.87. The Labute approximate surface area is 135 Å². The van der Waals surface area contributed by atoms with Crippen molar-refractivity contribution in [3.05, 3.63) is 68.4 Å². The highest BCUT2D eigenvalue weighted by Crippen LogP contribution is 2.19. The fourth-order valence-electron chi connectivity index (χ4n) is 2.49. The van der Waals surface area contributed by atoms with Crippen LogP contribution in [0.15, 0.2) is 45.6 Å². The van der Waals surface area contributed by atoms with Gasteiger partial charge in [-0.1, -0.05) is 35.1 Å². The first-order valence-electron chi connectivity index (χ1n) is 7.15. The third kappa shape index (κ3) is 2.37. The van der Waals surface area contributed by atoms with E-state index in [2.05, 4.69) is 10.2 Å². The molecule has 0 fully saturated rings. The summed E-state index contributed by atoms with van der Waals surface area (Å²) in [5, 5.41) is 8.30. The summed E-state index contributed by atoms with van der Waals surface area (Å²) in [6.45, 7) is 3.88. The number of hydrogen-bond donors (Lipinski definition) is 0. The van der Waals surface area contributed by atoms with Crippen LogP contribution >= 0.6 is 11.3 Å². The van der Waals surface area contributed by atoms with Crippen LogP contribution < -0.4 is 10.1 Å². The lowest BCUT2D eigenvalue weighted by Gasteiger charge is -1.98. The van der Waals surface area contributed by atoms with Crippen LogP contribution in [0, 0.1) is 13.8 Å². The second kappa shape index (κ2) is 5.17. The highest BCUT2D eigenvalue weighted by molar-refractivity contribution is 7.15. The normalized spacial score (nSPS) is 12.3. The first-order valence-corrected chi connectivity index (χ1v) is 7.96. The molecule has 0 aliphatic heterocycles. The standard InChI is InChI=1S/C17H13N3O2S/c1-10-4-3-5-12(8-10)15-18-19-17-20(15)16(21)14(23-17)9-13-7-6-11(2)22-13/h3-9H,1-2H3/b14-9-. The highest BCUT2D eigenvalue weighted by Gasteiger charge is 2.14. The maximum absolute atomic E-state index is 12.7. The number of furan rings is 1. The Morgan fingerprint density at radius 2 is 2.04 bits per heavy atom. The van der Waals surface area contributed by atoms with Gasteiger partial charge in [0.1, 0.15) is 16.1 Å². The van der Waals surface area contributed by atoms with E-state index < -0.39 is 0 Å². The van der Waals surface area contributed by atoms with Crippen LogP contribution in [0.5, 0.6) is 0 Å². The lowest BCUT2D eigenvalue weighted by atomic mass is 10.1. The van der Waals surface area contributed by atoms with Crippen molar-refractivity contribution < 1.29 is 4.42 Å². The molecule has 114 valence electrons. The molecule has 0 amide bonds. The molecule has 5 nitrogen and oxygen atoms in total. The predicted octanol–water partition coefficient (Wildman–Crippen LogP) is 2.58. The van der Waals surface area contributed by atoms with Crippen molar-refractivity contribution in [2.24, 2.45) is 0 Å². The molecule has 0 atom stereocenters. The van der Waals surface area contributed by atoms with E-state index in [0.717, 1.165) is 16.9 Å². The molecule has 6 heteroatoms. The number of nitrogens with zero attached hydrogens (tertiary/aromatic N) is 3. The first kappa shape index (κ1) is 13.9. The van der Waals surface area contributed by atoms with Crippen molar-refractivity contribution >= 4 is 22.4 Å². The molecular formula is C17H13N3O2S. The van der Waals surface area contributed by atoms with Crippen molar-refractivity contribution in [1.82, 2.24) is 14.6 Å². The molecule has 3 aromatic heterocycles. The van der Waals surface area contributed by atoms with Crippen molar-refractivity contribution in [2.75, 3.05) is 0 Å². The third-order valence-electron chi connectivity index (χ3n) is 3.56. The van der Waals surface area contributed by atoms with Crippen LogP contribution in [0.2, 0.25) is 0 Å². The second-order valence-corrected chi connectivity index (χ2v) is 6.38. The average Bonchev–Trinajstić information content (AvgIpc) is 3.19. The Bertz CT molecular complexity index is 1120. The van der Waals surface area contributed by atoms with Gasteiger partial charge >= 0.3 is 0 Å². The molecule has 0 bridgehead atoms. The van der Waals surface area contributed by atoms with Gasteiger partial charge in [0.2, 0.25) is 4.96 Å². The monoisotopic (exact) mass is 323 g/mol. The van der Waals surface area contributed by atoms with Gasteiger partial charge in [-0.25, -0.2) is 4.40 Å². The lowest BCUT2D eigenvalue weighted by Crippen LogP contribution is -2.23. The molecule has 23 heavy (non-hydrogen) atoms. The van der Waals surface area contributed by atoms with Crippen molar-refractivity contribution in [2.45, 2.75) is 13.8 Å². The summed E-state index contributed by atoms with van der Waals surface area (Å²) < 4.78 is 7.65. The van der Waals surface area contributed by atoms with Crippen LogP contribution in [-0.4, -0.2) is 14.6 Å². The van der Waals surface area contributed by atoms with Crippen LogP contribution in [0.4, 0.5) is 0 Å². The van der Waals surface area contributed by atoms with E-state index in [1.807, 2.05) is 50.2 Å². The summed E-state index contributed by atoms with van der Waals surface area (Å²) in [7, 11) is 0. The SMILES string of the molecule is Cc1cccc(-c2nnc3s/c(=C\c4ccc(C)o4)c(=O)n23)c1. The van der Waals surface area contributed by atoms with Crippen molar-refractivity contribution in [1.29, 1.82) is 0 Å². The molecule has 0 unspecified atom stereocenters. The van der Waals surface area contributed by atoms with Crippen molar-refractivity contribution in [3.63, 3.8) is 0 Å². The Morgan fingerprint density at radius 1 is 1.17 bits per heavy atom.